The molecule has 3 aromatic heterocycles. The molecule has 0 bridgehead atoms. The first kappa shape index (κ1) is 21.0. The SMILES string of the molecule is CC(=O)Nc1ccc(Nc2nc(CN3CCOCC3)nc3scc(-c4cccs4)c23)cc1. The lowest BCUT2D eigenvalue weighted by atomic mass is 10.2. The fourth-order valence-corrected chi connectivity index (χ4v) is 5.48. The van der Waals surface area contributed by atoms with Crippen LogP contribution in [-0.2, 0) is 16.1 Å². The lowest BCUT2D eigenvalue weighted by Crippen LogP contribution is -2.36. The molecule has 1 amide bonds. The van der Waals surface area contributed by atoms with Crippen molar-refractivity contribution in [2.75, 3.05) is 36.9 Å². The highest BCUT2D eigenvalue weighted by molar-refractivity contribution is 7.18. The van der Waals surface area contributed by atoms with Crippen LogP contribution >= 0.6 is 22.7 Å². The van der Waals surface area contributed by atoms with Crippen molar-refractivity contribution < 1.29 is 9.53 Å². The van der Waals surface area contributed by atoms with Crippen molar-refractivity contribution in [1.82, 2.24) is 14.9 Å². The van der Waals surface area contributed by atoms with E-state index < -0.39 is 0 Å². The van der Waals surface area contributed by atoms with Crippen LogP contribution in [0.4, 0.5) is 17.2 Å². The van der Waals surface area contributed by atoms with Crippen molar-refractivity contribution in [2.45, 2.75) is 13.5 Å². The van der Waals surface area contributed by atoms with E-state index >= 15 is 0 Å². The van der Waals surface area contributed by atoms with E-state index in [0.29, 0.717) is 6.54 Å². The molecular formula is C23H23N5O2S2. The zero-order valence-electron chi connectivity index (χ0n) is 17.6. The van der Waals surface area contributed by atoms with Gasteiger partial charge in [-0.15, -0.1) is 22.7 Å². The quantitative estimate of drug-likeness (QED) is 0.419. The molecule has 0 spiro atoms. The third-order valence-electron chi connectivity index (χ3n) is 5.20. The molecule has 9 heteroatoms. The minimum atomic E-state index is -0.0881. The number of hydrogen-bond acceptors (Lipinski definition) is 8. The van der Waals surface area contributed by atoms with E-state index in [1.165, 1.54) is 11.8 Å². The average Bonchev–Trinajstić information content (AvgIpc) is 3.45. The number of anilines is 3. The van der Waals surface area contributed by atoms with Gasteiger partial charge in [-0.3, -0.25) is 9.69 Å². The van der Waals surface area contributed by atoms with E-state index in [9.17, 15) is 4.79 Å². The zero-order valence-corrected chi connectivity index (χ0v) is 19.3. The van der Waals surface area contributed by atoms with E-state index in [1.807, 2.05) is 24.3 Å². The van der Waals surface area contributed by atoms with E-state index in [2.05, 4.69) is 38.4 Å². The van der Waals surface area contributed by atoms with Crippen molar-refractivity contribution in [3.05, 3.63) is 53.0 Å². The Hall–Kier alpha value is -2.85. The number of nitrogens with one attached hydrogen (secondary N) is 2. The van der Waals surface area contributed by atoms with Gasteiger partial charge in [0.1, 0.15) is 16.5 Å². The Kier molecular flexibility index (Phi) is 6.13. The van der Waals surface area contributed by atoms with Crippen LogP contribution in [-0.4, -0.2) is 47.1 Å². The first-order chi connectivity index (χ1) is 15.7. The number of amides is 1. The molecule has 0 saturated carbocycles. The lowest BCUT2D eigenvalue weighted by molar-refractivity contribution is -0.114. The van der Waals surface area contributed by atoms with Crippen molar-refractivity contribution in [3.8, 4) is 10.4 Å². The second-order valence-electron chi connectivity index (χ2n) is 7.57. The van der Waals surface area contributed by atoms with Gasteiger partial charge in [0.25, 0.3) is 0 Å². The Morgan fingerprint density at radius 3 is 2.59 bits per heavy atom. The van der Waals surface area contributed by atoms with Crippen LogP contribution in [0.5, 0.6) is 0 Å². The third-order valence-corrected chi connectivity index (χ3v) is 6.98. The lowest BCUT2D eigenvalue weighted by Gasteiger charge is -2.25. The van der Waals surface area contributed by atoms with Gasteiger partial charge in [-0.1, -0.05) is 6.07 Å². The summed E-state index contributed by atoms with van der Waals surface area (Å²) in [5.74, 6) is 1.52. The Bertz CT molecular complexity index is 1220. The van der Waals surface area contributed by atoms with E-state index in [1.54, 1.807) is 22.7 Å². The maximum Gasteiger partial charge on any atom is 0.221 e. The van der Waals surface area contributed by atoms with Crippen LogP contribution in [0.1, 0.15) is 12.7 Å². The van der Waals surface area contributed by atoms with Gasteiger partial charge < -0.3 is 15.4 Å². The number of benzene rings is 1. The maximum absolute atomic E-state index is 11.3. The first-order valence-corrected chi connectivity index (χ1v) is 12.2. The highest BCUT2D eigenvalue weighted by atomic mass is 32.1. The largest absolute Gasteiger partial charge is 0.379 e. The summed E-state index contributed by atoms with van der Waals surface area (Å²) in [6, 6.07) is 11.8. The predicted octanol–water partition coefficient (Wildman–Crippen LogP) is 4.95. The van der Waals surface area contributed by atoms with Gasteiger partial charge >= 0.3 is 0 Å². The molecule has 4 aromatic rings. The van der Waals surface area contributed by atoms with Crippen molar-refractivity contribution in [3.63, 3.8) is 0 Å². The predicted molar refractivity (Wildman–Crippen MR) is 131 cm³/mol. The number of nitrogens with zero attached hydrogens (tertiary/aromatic N) is 3. The maximum atomic E-state index is 11.3. The van der Waals surface area contributed by atoms with Crippen LogP contribution in [0.15, 0.2) is 47.2 Å². The minimum absolute atomic E-state index is 0.0881. The monoisotopic (exact) mass is 465 g/mol. The number of hydrogen-bond donors (Lipinski definition) is 2. The zero-order chi connectivity index (χ0) is 21.9. The molecule has 1 aromatic carbocycles. The molecule has 0 atom stereocenters. The molecule has 0 unspecified atom stereocenters. The number of morpholine rings is 1. The van der Waals surface area contributed by atoms with E-state index in [4.69, 9.17) is 14.7 Å². The summed E-state index contributed by atoms with van der Waals surface area (Å²) in [7, 11) is 0. The molecule has 1 aliphatic heterocycles. The molecule has 0 radical (unpaired) electrons. The second kappa shape index (κ2) is 9.33. The van der Waals surface area contributed by atoms with Gasteiger partial charge in [0.05, 0.1) is 25.1 Å². The molecule has 2 N–H and O–H groups in total. The Balaban J connectivity index is 1.51. The van der Waals surface area contributed by atoms with Crippen molar-refractivity contribution in [1.29, 1.82) is 0 Å². The van der Waals surface area contributed by atoms with Gasteiger partial charge in [-0.2, -0.15) is 0 Å². The molecule has 32 heavy (non-hydrogen) atoms. The fraction of sp³-hybridized carbons (Fsp3) is 0.261. The molecular weight excluding hydrogens is 442 g/mol. The highest BCUT2D eigenvalue weighted by Gasteiger charge is 2.18. The summed E-state index contributed by atoms with van der Waals surface area (Å²) >= 11 is 3.36. The molecule has 1 aliphatic rings. The minimum Gasteiger partial charge on any atom is -0.379 e. The topological polar surface area (TPSA) is 79.4 Å². The van der Waals surface area contributed by atoms with E-state index in [0.717, 1.165) is 65.1 Å². The summed E-state index contributed by atoms with van der Waals surface area (Å²) in [4.78, 5) is 25.6. The van der Waals surface area contributed by atoms with Crippen LogP contribution in [0, 0.1) is 0 Å². The summed E-state index contributed by atoms with van der Waals surface area (Å²) in [6.07, 6.45) is 0. The Morgan fingerprint density at radius 2 is 1.88 bits per heavy atom. The van der Waals surface area contributed by atoms with Crippen LogP contribution in [0.3, 0.4) is 0 Å². The van der Waals surface area contributed by atoms with Gasteiger partial charge in [0.15, 0.2) is 0 Å². The van der Waals surface area contributed by atoms with Crippen molar-refractivity contribution >= 4 is 56.0 Å². The number of aromatic nitrogens is 2. The molecule has 1 saturated heterocycles. The third kappa shape index (κ3) is 4.66. The average molecular weight is 466 g/mol. The normalized spacial score (nSPS) is 14.5. The Morgan fingerprint density at radius 1 is 1.09 bits per heavy atom. The van der Waals surface area contributed by atoms with Gasteiger partial charge in [-0.05, 0) is 35.7 Å². The number of fused-ring (bicyclic) bond motifs is 1. The Labute approximate surface area is 194 Å². The number of thiophene rings is 2. The van der Waals surface area contributed by atoms with E-state index in [-0.39, 0.29) is 5.91 Å². The number of ether oxygens (including phenoxy) is 1. The van der Waals surface area contributed by atoms with Gasteiger partial charge in [0, 0.05) is 47.2 Å². The molecule has 4 heterocycles. The summed E-state index contributed by atoms with van der Waals surface area (Å²) in [5.41, 5.74) is 2.81. The number of carbonyl (C=O) groups is 1. The van der Waals surface area contributed by atoms with Gasteiger partial charge in [0.2, 0.25) is 5.91 Å². The molecule has 0 aliphatic carbocycles. The first-order valence-electron chi connectivity index (χ1n) is 10.4. The van der Waals surface area contributed by atoms with Crippen molar-refractivity contribution in [2.24, 2.45) is 0 Å². The molecule has 5 rings (SSSR count). The number of rotatable bonds is 6. The summed E-state index contributed by atoms with van der Waals surface area (Å²) in [6.45, 7) is 5.47. The van der Waals surface area contributed by atoms with Crippen LogP contribution < -0.4 is 10.6 Å². The standard InChI is InChI=1S/C23H23N5O2S2/c1-15(29)24-16-4-6-17(7-5-16)25-22-21-18(19-3-2-12-31-19)14-32-23(21)27-20(26-22)13-28-8-10-30-11-9-28/h2-7,12,14H,8-11,13H2,1H3,(H,24,29)(H,25,26,27). The van der Waals surface area contributed by atoms with Gasteiger partial charge in [-0.25, -0.2) is 9.97 Å². The smallest absolute Gasteiger partial charge is 0.221 e. The summed E-state index contributed by atoms with van der Waals surface area (Å²) < 4.78 is 5.47. The molecule has 1 fully saturated rings. The molecule has 164 valence electrons. The highest BCUT2D eigenvalue weighted by Crippen LogP contribution is 2.39. The van der Waals surface area contributed by atoms with Crippen LogP contribution in [0.25, 0.3) is 20.7 Å². The molecule has 7 nitrogen and oxygen atoms in total. The summed E-state index contributed by atoms with van der Waals surface area (Å²) in [5, 5.41) is 11.6. The second-order valence-corrected chi connectivity index (χ2v) is 9.37. The van der Waals surface area contributed by atoms with Crippen LogP contribution in [0.2, 0.25) is 0 Å². The number of carbonyl (C=O) groups excluding carboxylic acids is 1. The fourth-order valence-electron chi connectivity index (χ4n) is 3.70.